The zero-order valence-electron chi connectivity index (χ0n) is 10.2. The van der Waals surface area contributed by atoms with Crippen LogP contribution in [0, 0.1) is 3.57 Å². The van der Waals surface area contributed by atoms with Crippen molar-refractivity contribution in [1.82, 2.24) is 14.8 Å². The normalized spacial score (nSPS) is 11.7. The molecule has 0 saturated heterocycles. The number of halogens is 1. The van der Waals surface area contributed by atoms with Crippen LogP contribution in [0.25, 0.3) is 11.4 Å². The molecule has 0 fully saturated rings. The topological polar surface area (TPSA) is 90.9 Å². The first-order valence-electron chi connectivity index (χ1n) is 5.65. The Bertz CT molecular complexity index is 696. The van der Waals surface area contributed by atoms with Gasteiger partial charge in [-0.05, 0) is 41.1 Å². The van der Waals surface area contributed by atoms with E-state index in [2.05, 4.69) is 32.8 Å². The Labute approximate surface area is 125 Å². The van der Waals surface area contributed by atoms with Gasteiger partial charge in [-0.1, -0.05) is 19.1 Å². The number of nitrogens with two attached hydrogens (primary N) is 1. The maximum absolute atomic E-state index is 11.5. The molecule has 6 nitrogen and oxygen atoms in total. The van der Waals surface area contributed by atoms with Gasteiger partial charge in [-0.25, -0.2) is 13.6 Å². The molecule has 2 rings (SSSR count). The SMILES string of the molecule is CCCn1c(-c2cccc(I)c2)nnc1S(N)(=O)=O. The Kier molecular flexibility index (Phi) is 4.21. The van der Waals surface area contributed by atoms with Gasteiger partial charge in [0, 0.05) is 15.7 Å². The van der Waals surface area contributed by atoms with Gasteiger partial charge in [0.2, 0.25) is 0 Å². The molecule has 0 aliphatic carbocycles. The van der Waals surface area contributed by atoms with Crippen molar-refractivity contribution in [3.05, 3.63) is 27.8 Å². The third-order valence-electron chi connectivity index (χ3n) is 2.50. The Morgan fingerprint density at radius 2 is 2.11 bits per heavy atom. The van der Waals surface area contributed by atoms with E-state index in [-0.39, 0.29) is 5.16 Å². The summed E-state index contributed by atoms with van der Waals surface area (Å²) in [4.78, 5) is 0. The lowest BCUT2D eigenvalue weighted by atomic mass is 10.2. The minimum Gasteiger partial charge on any atom is -0.297 e. The molecule has 0 spiro atoms. The lowest BCUT2D eigenvalue weighted by Crippen LogP contribution is -2.19. The largest absolute Gasteiger partial charge is 0.297 e. The van der Waals surface area contributed by atoms with Crippen LogP contribution < -0.4 is 5.14 Å². The number of hydrogen-bond acceptors (Lipinski definition) is 4. The molecule has 102 valence electrons. The highest BCUT2D eigenvalue weighted by atomic mass is 127. The molecule has 0 amide bonds. The van der Waals surface area contributed by atoms with E-state index in [0.717, 1.165) is 15.6 Å². The minimum absolute atomic E-state index is 0.191. The highest BCUT2D eigenvalue weighted by molar-refractivity contribution is 14.1. The van der Waals surface area contributed by atoms with Crippen LogP contribution in [0.15, 0.2) is 29.4 Å². The molecule has 8 heteroatoms. The summed E-state index contributed by atoms with van der Waals surface area (Å²) in [6.45, 7) is 2.45. The number of nitrogens with zero attached hydrogens (tertiary/aromatic N) is 3. The van der Waals surface area contributed by atoms with Gasteiger partial charge in [0.05, 0.1) is 0 Å². The molecule has 1 aromatic carbocycles. The van der Waals surface area contributed by atoms with Crippen LogP contribution in [0.4, 0.5) is 0 Å². The third-order valence-corrected chi connectivity index (χ3v) is 3.98. The Hall–Kier alpha value is -1.00. The van der Waals surface area contributed by atoms with Crippen molar-refractivity contribution < 1.29 is 8.42 Å². The van der Waals surface area contributed by atoms with Crippen LogP contribution in [0.3, 0.4) is 0 Å². The van der Waals surface area contributed by atoms with E-state index < -0.39 is 10.0 Å². The molecule has 0 aliphatic rings. The average molecular weight is 392 g/mol. The van der Waals surface area contributed by atoms with Gasteiger partial charge >= 0.3 is 0 Å². The third kappa shape index (κ3) is 3.12. The molecule has 0 radical (unpaired) electrons. The Morgan fingerprint density at radius 1 is 1.37 bits per heavy atom. The maximum Gasteiger partial charge on any atom is 0.273 e. The van der Waals surface area contributed by atoms with E-state index in [1.165, 1.54) is 0 Å². The maximum atomic E-state index is 11.5. The summed E-state index contributed by atoms with van der Waals surface area (Å²) < 4.78 is 25.6. The molecule has 0 saturated carbocycles. The second-order valence-corrected chi connectivity index (χ2v) is 6.71. The minimum atomic E-state index is -3.87. The van der Waals surface area contributed by atoms with Crippen LogP contribution in [0.1, 0.15) is 13.3 Å². The molecule has 1 heterocycles. The van der Waals surface area contributed by atoms with Gasteiger partial charge in [-0.3, -0.25) is 4.57 Å². The zero-order valence-corrected chi connectivity index (χ0v) is 13.2. The summed E-state index contributed by atoms with van der Waals surface area (Å²) in [5, 5.41) is 12.6. The van der Waals surface area contributed by atoms with E-state index in [4.69, 9.17) is 5.14 Å². The number of rotatable bonds is 4. The second kappa shape index (κ2) is 5.55. The fourth-order valence-electron chi connectivity index (χ4n) is 1.77. The summed E-state index contributed by atoms with van der Waals surface area (Å²) in [5.41, 5.74) is 0.822. The fourth-order valence-corrected chi connectivity index (χ4v) is 2.95. The summed E-state index contributed by atoms with van der Waals surface area (Å²) in [7, 11) is -3.87. The number of primary sulfonamides is 1. The monoisotopic (exact) mass is 392 g/mol. The van der Waals surface area contributed by atoms with E-state index >= 15 is 0 Å². The Balaban J connectivity index is 2.62. The summed E-state index contributed by atoms with van der Waals surface area (Å²) in [6, 6.07) is 7.62. The summed E-state index contributed by atoms with van der Waals surface area (Å²) in [5.74, 6) is 0.518. The van der Waals surface area contributed by atoms with E-state index in [1.807, 2.05) is 31.2 Å². The number of aromatic nitrogens is 3. The molecule has 0 aliphatic heterocycles. The Morgan fingerprint density at radius 3 is 2.68 bits per heavy atom. The number of sulfonamides is 1. The highest BCUT2D eigenvalue weighted by Crippen LogP contribution is 2.22. The van der Waals surface area contributed by atoms with E-state index in [9.17, 15) is 8.42 Å². The summed E-state index contributed by atoms with van der Waals surface area (Å²) in [6.07, 6.45) is 0.761. The van der Waals surface area contributed by atoms with Gasteiger partial charge in [-0.2, -0.15) is 0 Å². The van der Waals surface area contributed by atoms with Crippen LogP contribution in [-0.2, 0) is 16.6 Å². The van der Waals surface area contributed by atoms with Crippen molar-refractivity contribution in [2.45, 2.75) is 25.0 Å². The van der Waals surface area contributed by atoms with Crippen LogP contribution in [0.2, 0.25) is 0 Å². The van der Waals surface area contributed by atoms with Gasteiger partial charge in [0.15, 0.2) is 5.82 Å². The molecular formula is C11H13IN4O2S. The van der Waals surface area contributed by atoms with E-state index in [0.29, 0.717) is 12.4 Å². The number of benzene rings is 1. The quantitative estimate of drug-likeness (QED) is 0.801. The van der Waals surface area contributed by atoms with Crippen molar-refractivity contribution in [3.8, 4) is 11.4 Å². The predicted molar refractivity (Wildman–Crippen MR) is 79.8 cm³/mol. The molecule has 2 N–H and O–H groups in total. The second-order valence-electron chi connectivity index (χ2n) is 4.01. The molecule has 1 aromatic heterocycles. The first-order valence-corrected chi connectivity index (χ1v) is 8.28. The van der Waals surface area contributed by atoms with Gasteiger partial charge in [0.1, 0.15) is 0 Å². The average Bonchev–Trinajstić information content (AvgIpc) is 2.73. The van der Waals surface area contributed by atoms with Crippen molar-refractivity contribution in [1.29, 1.82) is 0 Å². The van der Waals surface area contributed by atoms with Gasteiger partial charge < -0.3 is 0 Å². The van der Waals surface area contributed by atoms with Crippen LogP contribution >= 0.6 is 22.6 Å². The zero-order chi connectivity index (χ0) is 14.0. The van der Waals surface area contributed by atoms with Crippen LogP contribution in [-0.4, -0.2) is 23.2 Å². The van der Waals surface area contributed by atoms with Gasteiger partial charge in [0.25, 0.3) is 15.2 Å². The lowest BCUT2D eigenvalue weighted by Gasteiger charge is -2.07. The van der Waals surface area contributed by atoms with Gasteiger partial charge in [-0.15, -0.1) is 10.2 Å². The number of hydrogen-bond donors (Lipinski definition) is 1. The smallest absolute Gasteiger partial charge is 0.273 e. The summed E-state index contributed by atoms with van der Waals surface area (Å²) >= 11 is 2.19. The first kappa shape index (κ1) is 14.4. The van der Waals surface area contributed by atoms with Crippen molar-refractivity contribution in [3.63, 3.8) is 0 Å². The predicted octanol–water partition coefficient (Wildman–Crippen LogP) is 1.61. The lowest BCUT2D eigenvalue weighted by molar-refractivity contribution is 0.559. The molecule has 0 unspecified atom stereocenters. The fraction of sp³-hybridized carbons (Fsp3) is 0.273. The van der Waals surface area contributed by atoms with Crippen molar-refractivity contribution in [2.75, 3.05) is 0 Å². The molecular weight excluding hydrogens is 379 g/mol. The molecule has 19 heavy (non-hydrogen) atoms. The van der Waals surface area contributed by atoms with E-state index in [1.54, 1.807) is 4.57 Å². The molecule has 0 bridgehead atoms. The van der Waals surface area contributed by atoms with Crippen LogP contribution in [0.5, 0.6) is 0 Å². The van der Waals surface area contributed by atoms with Crippen molar-refractivity contribution >= 4 is 32.6 Å². The standard InChI is InChI=1S/C11H13IN4O2S/c1-2-6-16-10(8-4-3-5-9(12)7-8)14-15-11(16)19(13,17)18/h3-5,7H,2,6H2,1H3,(H2,13,17,18). The molecule has 0 atom stereocenters. The van der Waals surface area contributed by atoms with Crippen molar-refractivity contribution in [2.24, 2.45) is 5.14 Å². The first-order chi connectivity index (χ1) is 8.93. The molecule has 2 aromatic rings. The highest BCUT2D eigenvalue weighted by Gasteiger charge is 2.21.